The lowest BCUT2D eigenvalue weighted by Gasteiger charge is -2.04. The zero-order valence-electron chi connectivity index (χ0n) is 8.00. The van der Waals surface area contributed by atoms with E-state index in [4.69, 9.17) is 5.73 Å². The predicted octanol–water partition coefficient (Wildman–Crippen LogP) is 1.21. The molecule has 1 aromatic heterocycles. The van der Waals surface area contributed by atoms with Crippen LogP contribution in [0.5, 0.6) is 0 Å². The molecular weight excluding hydrogens is 181 g/mol. The summed E-state index contributed by atoms with van der Waals surface area (Å²) in [6.45, 7) is 0.446. The van der Waals surface area contributed by atoms with Gasteiger partial charge in [0.1, 0.15) is 5.82 Å². The van der Waals surface area contributed by atoms with E-state index in [1.54, 1.807) is 16.9 Å². The van der Waals surface area contributed by atoms with Crippen molar-refractivity contribution in [1.29, 1.82) is 0 Å². The van der Waals surface area contributed by atoms with E-state index >= 15 is 0 Å². The highest BCUT2D eigenvalue weighted by atomic mass is 19.1. The topological polar surface area (TPSA) is 43.8 Å². The van der Waals surface area contributed by atoms with Crippen molar-refractivity contribution in [1.82, 2.24) is 9.78 Å². The van der Waals surface area contributed by atoms with Gasteiger partial charge in [-0.15, -0.1) is 0 Å². The minimum Gasteiger partial charge on any atom is -0.330 e. The van der Waals surface area contributed by atoms with E-state index in [0.29, 0.717) is 18.5 Å². The van der Waals surface area contributed by atoms with E-state index in [9.17, 15) is 4.39 Å². The van der Waals surface area contributed by atoms with Crippen molar-refractivity contribution in [2.24, 2.45) is 12.8 Å². The van der Waals surface area contributed by atoms with Gasteiger partial charge in [0.25, 0.3) is 0 Å². The number of fused-ring (bicyclic) bond motifs is 1. The molecule has 0 aliphatic carbocycles. The number of hydrogen-bond donors (Lipinski definition) is 1. The largest absolute Gasteiger partial charge is 0.330 e. The van der Waals surface area contributed by atoms with Crippen LogP contribution in [0.4, 0.5) is 4.39 Å². The van der Waals surface area contributed by atoms with E-state index in [1.165, 1.54) is 6.07 Å². The molecule has 0 saturated carbocycles. The molecule has 2 aromatic rings. The highest BCUT2D eigenvalue weighted by molar-refractivity contribution is 5.82. The molecule has 0 aliphatic heterocycles. The Labute approximate surface area is 81.3 Å². The van der Waals surface area contributed by atoms with E-state index in [1.807, 2.05) is 7.05 Å². The van der Waals surface area contributed by atoms with Crippen LogP contribution in [0.25, 0.3) is 10.9 Å². The highest BCUT2D eigenvalue weighted by Crippen LogP contribution is 2.21. The fraction of sp³-hybridized carbons (Fsp3) is 0.300. The van der Waals surface area contributed by atoms with Crippen LogP contribution in [-0.2, 0) is 13.5 Å². The molecule has 0 aliphatic rings. The predicted molar refractivity (Wildman–Crippen MR) is 53.4 cm³/mol. The maximum absolute atomic E-state index is 13.5. The van der Waals surface area contributed by atoms with Crippen molar-refractivity contribution in [2.45, 2.75) is 6.42 Å². The molecule has 2 N–H and O–H groups in total. The number of nitrogens with two attached hydrogens (primary N) is 1. The molecule has 0 radical (unpaired) electrons. The van der Waals surface area contributed by atoms with Crippen LogP contribution in [0.3, 0.4) is 0 Å². The Morgan fingerprint density at radius 1 is 1.50 bits per heavy atom. The van der Waals surface area contributed by atoms with Gasteiger partial charge in [-0.05, 0) is 25.1 Å². The van der Waals surface area contributed by atoms with Crippen molar-refractivity contribution in [3.8, 4) is 0 Å². The Morgan fingerprint density at radius 3 is 3.00 bits per heavy atom. The Balaban J connectivity index is 2.73. The van der Waals surface area contributed by atoms with Crippen molar-refractivity contribution in [2.75, 3.05) is 6.54 Å². The minimum atomic E-state index is -0.202. The average molecular weight is 193 g/mol. The first kappa shape index (κ1) is 9.15. The summed E-state index contributed by atoms with van der Waals surface area (Å²) in [5.74, 6) is -0.202. The second-order valence-electron chi connectivity index (χ2n) is 3.27. The fourth-order valence-corrected chi connectivity index (χ4v) is 1.70. The standard InChI is InChI=1S/C10H12FN3/c1-14-10-7(6-13-14)2-3-9(11)8(10)4-5-12/h2-3,6H,4-5,12H2,1H3. The van der Waals surface area contributed by atoms with Crippen LogP contribution in [-0.4, -0.2) is 16.3 Å². The molecular formula is C10H12FN3. The molecule has 1 heterocycles. The Morgan fingerprint density at radius 2 is 2.29 bits per heavy atom. The summed E-state index contributed by atoms with van der Waals surface area (Å²) in [5, 5.41) is 5.04. The molecule has 14 heavy (non-hydrogen) atoms. The first-order chi connectivity index (χ1) is 6.74. The third-order valence-electron chi connectivity index (χ3n) is 2.34. The molecule has 0 bridgehead atoms. The smallest absolute Gasteiger partial charge is 0.128 e. The van der Waals surface area contributed by atoms with Gasteiger partial charge in [0.2, 0.25) is 0 Å². The number of halogens is 1. The van der Waals surface area contributed by atoms with Crippen molar-refractivity contribution in [3.63, 3.8) is 0 Å². The first-order valence-corrected chi connectivity index (χ1v) is 4.53. The second-order valence-corrected chi connectivity index (χ2v) is 3.27. The van der Waals surface area contributed by atoms with Crippen LogP contribution in [0, 0.1) is 5.82 Å². The van der Waals surface area contributed by atoms with Crippen LogP contribution < -0.4 is 5.73 Å². The molecule has 2 rings (SSSR count). The van der Waals surface area contributed by atoms with Gasteiger partial charge < -0.3 is 5.73 Å². The number of hydrogen-bond acceptors (Lipinski definition) is 2. The molecule has 1 aromatic carbocycles. The molecule has 0 saturated heterocycles. The first-order valence-electron chi connectivity index (χ1n) is 4.53. The van der Waals surface area contributed by atoms with E-state index in [2.05, 4.69) is 5.10 Å². The molecule has 0 amide bonds. The summed E-state index contributed by atoms with van der Waals surface area (Å²) in [5.41, 5.74) is 6.94. The molecule has 3 nitrogen and oxygen atoms in total. The Kier molecular flexibility index (Phi) is 2.21. The quantitative estimate of drug-likeness (QED) is 0.779. The van der Waals surface area contributed by atoms with E-state index < -0.39 is 0 Å². The Hall–Kier alpha value is -1.42. The molecule has 4 heteroatoms. The third-order valence-corrected chi connectivity index (χ3v) is 2.34. The lowest BCUT2D eigenvalue weighted by molar-refractivity contribution is 0.610. The van der Waals surface area contributed by atoms with Crippen LogP contribution >= 0.6 is 0 Å². The Bertz CT molecular complexity index is 462. The maximum atomic E-state index is 13.5. The van der Waals surface area contributed by atoms with Crippen molar-refractivity contribution in [3.05, 3.63) is 29.7 Å². The van der Waals surface area contributed by atoms with Crippen LogP contribution in [0.2, 0.25) is 0 Å². The fourth-order valence-electron chi connectivity index (χ4n) is 1.70. The van der Waals surface area contributed by atoms with Crippen LogP contribution in [0.1, 0.15) is 5.56 Å². The zero-order chi connectivity index (χ0) is 10.1. The van der Waals surface area contributed by atoms with Gasteiger partial charge in [0.15, 0.2) is 0 Å². The number of aryl methyl sites for hydroxylation is 1. The van der Waals surface area contributed by atoms with Gasteiger partial charge in [0, 0.05) is 18.0 Å². The number of aromatic nitrogens is 2. The van der Waals surface area contributed by atoms with Crippen LogP contribution in [0.15, 0.2) is 18.3 Å². The highest BCUT2D eigenvalue weighted by Gasteiger charge is 2.10. The van der Waals surface area contributed by atoms with E-state index in [-0.39, 0.29) is 5.82 Å². The maximum Gasteiger partial charge on any atom is 0.128 e. The molecule has 74 valence electrons. The summed E-state index contributed by atoms with van der Waals surface area (Å²) in [6.07, 6.45) is 2.28. The molecule has 0 atom stereocenters. The van der Waals surface area contributed by atoms with Gasteiger partial charge in [0.05, 0.1) is 11.7 Å². The number of benzene rings is 1. The van der Waals surface area contributed by atoms with Gasteiger partial charge in [-0.3, -0.25) is 4.68 Å². The summed E-state index contributed by atoms with van der Waals surface area (Å²) in [4.78, 5) is 0. The lowest BCUT2D eigenvalue weighted by Crippen LogP contribution is -2.06. The SMILES string of the molecule is Cn1ncc2ccc(F)c(CCN)c21. The third kappa shape index (κ3) is 1.28. The van der Waals surface area contributed by atoms with Gasteiger partial charge in [-0.2, -0.15) is 5.10 Å². The number of rotatable bonds is 2. The molecule has 0 unspecified atom stereocenters. The average Bonchev–Trinajstić information content (AvgIpc) is 2.53. The van der Waals surface area contributed by atoms with Crippen molar-refractivity contribution < 1.29 is 4.39 Å². The zero-order valence-corrected chi connectivity index (χ0v) is 8.00. The summed E-state index contributed by atoms with van der Waals surface area (Å²) in [6, 6.07) is 3.20. The summed E-state index contributed by atoms with van der Waals surface area (Å²) >= 11 is 0. The molecule has 0 fully saturated rings. The summed E-state index contributed by atoms with van der Waals surface area (Å²) < 4.78 is 15.2. The summed E-state index contributed by atoms with van der Waals surface area (Å²) in [7, 11) is 1.81. The second kappa shape index (κ2) is 3.38. The number of nitrogens with zero attached hydrogens (tertiary/aromatic N) is 2. The van der Waals surface area contributed by atoms with Gasteiger partial charge in [-0.1, -0.05) is 0 Å². The van der Waals surface area contributed by atoms with Gasteiger partial charge >= 0.3 is 0 Å². The van der Waals surface area contributed by atoms with Gasteiger partial charge in [-0.25, -0.2) is 4.39 Å². The monoisotopic (exact) mass is 193 g/mol. The lowest BCUT2D eigenvalue weighted by atomic mass is 10.1. The molecule has 0 spiro atoms. The van der Waals surface area contributed by atoms with E-state index in [0.717, 1.165) is 10.9 Å². The van der Waals surface area contributed by atoms with Crippen molar-refractivity contribution >= 4 is 10.9 Å². The normalized spacial score (nSPS) is 11.1. The minimum absolute atomic E-state index is 0.202.